The molecule has 1 saturated carbocycles. The molecule has 0 aliphatic heterocycles. The van der Waals surface area contributed by atoms with Crippen molar-refractivity contribution in [2.24, 2.45) is 5.92 Å². The highest BCUT2D eigenvalue weighted by Crippen LogP contribution is 2.39. The number of aryl methyl sites for hydroxylation is 1. The molecule has 1 heterocycles. The molecule has 2 aromatic rings. The number of hydrogen-bond donors (Lipinski definition) is 1. The second kappa shape index (κ2) is 5.57. The minimum Gasteiger partial charge on any atom is -0.459 e. The molecular weight excluding hydrogens is 253 g/mol. The van der Waals surface area contributed by atoms with E-state index in [1.54, 1.807) is 12.1 Å². The highest BCUT2D eigenvalue weighted by atomic mass is 19.1. The van der Waals surface area contributed by atoms with Crippen molar-refractivity contribution in [3.63, 3.8) is 0 Å². The third-order valence-electron chi connectivity index (χ3n) is 4.51. The molecule has 1 aromatic carbocycles. The second-order valence-corrected chi connectivity index (χ2v) is 5.81. The lowest BCUT2D eigenvalue weighted by Crippen LogP contribution is -2.27. The van der Waals surface area contributed by atoms with E-state index in [9.17, 15) is 4.39 Å². The summed E-state index contributed by atoms with van der Waals surface area (Å²) >= 11 is 0. The van der Waals surface area contributed by atoms with Crippen molar-refractivity contribution >= 4 is 11.0 Å². The van der Waals surface area contributed by atoms with E-state index in [0.717, 1.165) is 28.8 Å². The third-order valence-corrected chi connectivity index (χ3v) is 4.51. The third kappa shape index (κ3) is 2.35. The van der Waals surface area contributed by atoms with Crippen LogP contribution in [0.25, 0.3) is 11.0 Å². The highest BCUT2D eigenvalue weighted by molar-refractivity contribution is 5.82. The van der Waals surface area contributed by atoms with Crippen LogP contribution in [0.4, 0.5) is 4.39 Å². The fourth-order valence-corrected chi connectivity index (χ4v) is 3.49. The van der Waals surface area contributed by atoms with Gasteiger partial charge in [0.25, 0.3) is 0 Å². The quantitative estimate of drug-likeness (QED) is 0.873. The summed E-state index contributed by atoms with van der Waals surface area (Å²) in [5.41, 5.74) is 1.87. The molecule has 0 spiro atoms. The van der Waals surface area contributed by atoms with Gasteiger partial charge in [0.2, 0.25) is 0 Å². The lowest BCUT2D eigenvalue weighted by molar-refractivity contribution is 0.322. The number of fused-ring (bicyclic) bond motifs is 1. The Balaban J connectivity index is 2.03. The SMILES string of the molecule is CCNC(c1oc2ccc(F)cc2c1C)C1CCCC1. The van der Waals surface area contributed by atoms with E-state index >= 15 is 0 Å². The Morgan fingerprint density at radius 2 is 2.10 bits per heavy atom. The van der Waals surface area contributed by atoms with Crippen LogP contribution in [0.5, 0.6) is 0 Å². The molecule has 1 aliphatic carbocycles. The Morgan fingerprint density at radius 1 is 1.35 bits per heavy atom. The zero-order chi connectivity index (χ0) is 14.1. The number of benzene rings is 1. The van der Waals surface area contributed by atoms with Gasteiger partial charge in [-0.1, -0.05) is 19.8 Å². The number of rotatable bonds is 4. The molecule has 0 amide bonds. The number of halogens is 1. The molecule has 1 unspecified atom stereocenters. The summed E-state index contributed by atoms with van der Waals surface area (Å²) in [6.45, 7) is 5.09. The molecule has 3 rings (SSSR count). The molecule has 1 aliphatic rings. The summed E-state index contributed by atoms with van der Waals surface area (Å²) in [5, 5.41) is 4.47. The van der Waals surface area contributed by atoms with Gasteiger partial charge in [-0.2, -0.15) is 0 Å². The Labute approximate surface area is 119 Å². The van der Waals surface area contributed by atoms with E-state index in [0.29, 0.717) is 5.92 Å². The van der Waals surface area contributed by atoms with Crippen molar-refractivity contribution in [1.29, 1.82) is 0 Å². The van der Waals surface area contributed by atoms with Gasteiger partial charge in [-0.25, -0.2) is 4.39 Å². The summed E-state index contributed by atoms with van der Waals surface area (Å²) in [4.78, 5) is 0. The summed E-state index contributed by atoms with van der Waals surface area (Å²) in [7, 11) is 0. The molecule has 1 aromatic heterocycles. The largest absolute Gasteiger partial charge is 0.459 e. The van der Waals surface area contributed by atoms with E-state index in [1.807, 2.05) is 6.92 Å². The minimum absolute atomic E-state index is 0.200. The van der Waals surface area contributed by atoms with Gasteiger partial charge in [0.1, 0.15) is 17.2 Å². The number of nitrogens with one attached hydrogen (secondary N) is 1. The summed E-state index contributed by atoms with van der Waals surface area (Å²) in [6.07, 6.45) is 5.12. The van der Waals surface area contributed by atoms with Crippen LogP contribution in [0.3, 0.4) is 0 Å². The average Bonchev–Trinajstić information content (AvgIpc) is 3.06. The van der Waals surface area contributed by atoms with Gasteiger partial charge in [0.15, 0.2) is 0 Å². The van der Waals surface area contributed by atoms with Crippen molar-refractivity contribution in [3.05, 3.63) is 35.3 Å². The maximum Gasteiger partial charge on any atom is 0.134 e. The predicted octanol–water partition coefficient (Wildman–Crippen LogP) is 4.72. The smallest absolute Gasteiger partial charge is 0.134 e. The number of furan rings is 1. The number of hydrogen-bond acceptors (Lipinski definition) is 2. The Bertz CT molecular complexity index is 598. The fourth-order valence-electron chi connectivity index (χ4n) is 3.49. The molecule has 1 fully saturated rings. The van der Waals surface area contributed by atoms with E-state index < -0.39 is 0 Å². The molecule has 20 heavy (non-hydrogen) atoms. The first-order valence-corrected chi connectivity index (χ1v) is 7.62. The van der Waals surface area contributed by atoms with E-state index in [2.05, 4.69) is 12.2 Å². The van der Waals surface area contributed by atoms with Gasteiger partial charge in [0.05, 0.1) is 6.04 Å². The van der Waals surface area contributed by atoms with Crippen LogP contribution >= 0.6 is 0 Å². The topological polar surface area (TPSA) is 25.2 Å². The van der Waals surface area contributed by atoms with E-state index in [-0.39, 0.29) is 11.9 Å². The molecule has 0 bridgehead atoms. The molecule has 0 saturated heterocycles. The average molecular weight is 275 g/mol. The monoisotopic (exact) mass is 275 g/mol. The van der Waals surface area contributed by atoms with Crippen LogP contribution in [0.15, 0.2) is 22.6 Å². The first-order valence-electron chi connectivity index (χ1n) is 7.62. The maximum atomic E-state index is 13.4. The molecule has 1 N–H and O–H groups in total. The zero-order valence-electron chi connectivity index (χ0n) is 12.2. The summed E-state index contributed by atoms with van der Waals surface area (Å²) in [5.74, 6) is 1.44. The molecule has 1 atom stereocenters. The van der Waals surface area contributed by atoms with Crippen molar-refractivity contribution < 1.29 is 8.81 Å². The Morgan fingerprint density at radius 3 is 2.80 bits per heavy atom. The lowest BCUT2D eigenvalue weighted by atomic mass is 9.93. The predicted molar refractivity (Wildman–Crippen MR) is 79.3 cm³/mol. The van der Waals surface area contributed by atoms with Crippen LogP contribution in [-0.2, 0) is 0 Å². The first-order chi connectivity index (χ1) is 9.70. The second-order valence-electron chi connectivity index (χ2n) is 5.81. The van der Waals surface area contributed by atoms with Gasteiger partial charge >= 0.3 is 0 Å². The Hall–Kier alpha value is -1.35. The van der Waals surface area contributed by atoms with Crippen LogP contribution < -0.4 is 5.32 Å². The van der Waals surface area contributed by atoms with Crippen molar-refractivity contribution in [2.45, 2.75) is 45.6 Å². The molecular formula is C17H22FNO. The summed E-state index contributed by atoms with van der Waals surface area (Å²) < 4.78 is 19.5. The molecule has 0 radical (unpaired) electrons. The zero-order valence-corrected chi connectivity index (χ0v) is 12.2. The van der Waals surface area contributed by atoms with E-state index in [1.165, 1.54) is 31.7 Å². The fraction of sp³-hybridized carbons (Fsp3) is 0.529. The van der Waals surface area contributed by atoms with Gasteiger partial charge in [-0.15, -0.1) is 0 Å². The molecule has 3 heteroatoms. The van der Waals surface area contributed by atoms with Gasteiger partial charge in [-0.3, -0.25) is 0 Å². The minimum atomic E-state index is -0.200. The van der Waals surface area contributed by atoms with Gasteiger partial charge < -0.3 is 9.73 Å². The van der Waals surface area contributed by atoms with Crippen molar-refractivity contribution in [1.82, 2.24) is 5.32 Å². The first kappa shape index (κ1) is 13.6. The van der Waals surface area contributed by atoms with Crippen LogP contribution in [-0.4, -0.2) is 6.54 Å². The summed E-state index contributed by atoms with van der Waals surface area (Å²) in [6, 6.07) is 5.04. The normalized spacial score (nSPS) is 17.9. The molecule has 108 valence electrons. The van der Waals surface area contributed by atoms with Crippen LogP contribution in [0.2, 0.25) is 0 Å². The van der Waals surface area contributed by atoms with Crippen molar-refractivity contribution in [2.75, 3.05) is 6.54 Å². The standard InChI is InChI=1S/C17H22FNO/c1-3-19-16(12-6-4-5-7-12)17-11(2)14-10-13(18)8-9-15(14)20-17/h8-10,12,16,19H,3-7H2,1-2H3. The van der Waals surface area contributed by atoms with Crippen molar-refractivity contribution in [3.8, 4) is 0 Å². The maximum absolute atomic E-state index is 13.4. The van der Waals surface area contributed by atoms with Gasteiger partial charge in [0, 0.05) is 10.9 Å². The molecule has 2 nitrogen and oxygen atoms in total. The lowest BCUT2D eigenvalue weighted by Gasteiger charge is -2.23. The Kier molecular flexibility index (Phi) is 3.79. The van der Waals surface area contributed by atoms with Crippen LogP contribution in [0, 0.1) is 18.7 Å². The van der Waals surface area contributed by atoms with Crippen LogP contribution in [0.1, 0.15) is 50.0 Å². The van der Waals surface area contributed by atoms with E-state index in [4.69, 9.17) is 4.42 Å². The highest BCUT2D eigenvalue weighted by Gasteiger charge is 2.30. The van der Waals surface area contributed by atoms with Gasteiger partial charge in [-0.05, 0) is 50.4 Å².